The highest BCUT2D eigenvalue weighted by Gasteiger charge is 2.40. The second-order valence-corrected chi connectivity index (χ2v) is 8.83. The van der Waals surface area contributed by atoms with Crippen molar-refractivity contribution in [3.05, 3.63) is 74.8 Å². The first-order valence-corrected chi connectivity index (χ1v) is 10.8. The number of Topliss-reactive ketones (excluding diaryl/α,β-unsaturated/α-hetero) is 1. The highest BCUT2D eigenvalue weighted by molar-refractivity contribution is 7.10. The van der Waals surface area contributed by atoms with Crippen LogP contribution in [0, 0.1) is 11.3 Å². The monoisotopic (exact) mass is 404 g/mol. The van der Waals surface area contributed by atoms with E-state index >= 15 is 0 Å². The summed E-state index contributed by atoms with van der Waals surface area (Å²) in [5.41, 5.74) is 3.95. The molecule has 4 rings (SSSR count). The lowest BCUT2D eigenvalue weighted by atomic mass is 9.73. The van der Waals surface area contributed by atoms with E-state index in [-0.39, 0.29) is 23.7 Å². The van der Waals surface area contributed by atoms with Crippen molar-refractivity contribution in [1.29, 1.82) is 5.26 Å². The number of nitriles is 1. The minimum Gasteiger partial charge on any atom is -0.491 e. The van der Waals surface area contributed by atoms with Crippen molar-refractivity contribution in [3.63, 3.8) is 0 Å². The summed E-state index contributed by atoms with van der Waals surface area (Å²) < 4.78 is 6.04. The Balaban J connectivity index is 1.82. The molecule has 0 saturated heterocycles. The summed E-state index contributed by atoms with van der Waals surface area (Å²) in [5, 5.41) is 15.4. The average molecular weight is 405 g/mol. The minimum absolute atomic E-state index is 0.00666. The van der Waals surface area contributed by atoms with Gasteiger partial charge in [0.1, 0.15) is 5.75 Å². The molecule has 2 unspecified atom stereocenters. The largest absolute Gasteiger partial charge is 0.491 e. The van der Waals surface area contributed by atoms with Gasteiger partial charge in [0.25, 0.3) is 0 Å². The quantitative estimate of drug-likeness (QED) is 0.739. The van der Waals surface area contributed by atoms with E-state index in [9.17, 15) is 10.1 Å². The van der Waals surface area contributed by atoms with Gasteiger partial charge in [0.05, 0.1) is 23.7 Å². The number of hydrogen-bond acceptors (Lipinski definition) is 5. The highest BCUT2D eigenvalue weighted by atomic mass is 32.1. The number of hydrogen-bond donors (Lipinski definition) is 1. The smallest absolute Gasteiger partial charge is 0.162 e. The first-order chi connectivity index (χ1) is 14.0. The second-order valence-electron chi connectivity index (χ2n) is 7.85. The molecule has 1 aromatic heterocycles. The Kier molecular flexibility index (Phi) is 5.29. The lowest BCUT2D eigenvalue weighted by molar-refractivity contribution is -0.116. The first kappa shape index (κ1) is 19.5. The van der Waals surface area contributed by atoms with Crippen LogP contribution in [0.5, 0.6) is 5.75 Å². The molecule has 0 spiro atoms. The van der Waals surface area contributed by atoms with Crippen molar-refractivity contribution in [2.45, 2.75) is 51.6 Å². The molecule has 2 aromatic rings. The summed E-state index contributed by atoms with van der Waals surface area (Å²) >= 11 is 1.70. The van der Waals surface area contributed by atoms with Crippen LogP contribution >= 0.6 is 11.3 Å². The van der Waals surface area contributed by atoms with Gasteiger partial charge in [0.15, 0.2) is 5.78 Å². The Labute approximate surface area is 175 Å². The van der Waals surface area contributed by atoms with Crippen molar-refractivity contribution >= 4 is 17.1 Å². The number of dihydropyridines is 1. The number of rotatable bonds is 4. The average Bonchev–Trinajstić information content (AvgIpc) is 3.21. The molecule has 148 valence electrons. The molecule has 5 heteroatoms. The van der Waals surface area contributed by atoms with Crippen molar-refractivity contribution in [2.24, 2.45) is 0 Å². The fourth-order valence-corrected chi connectivity index (χ4v) is 5.13. The highest BCUT2D eigenvalue weighted by Crippen LogP contribution is 2.47. The van der Waals surface area contributed by atoms with Gasteiger partial charge in [-0.05, 0) is 44.7 Å². The second kappa shape index (κ2) is 7.88. The van der Waals surface area contributed by atoms with Crippen LogP contribution in [0.2, 0.25) is 0 Å². The van der Waals surface area contributed by atoms with Gasteiger partial charge in [-0.2, -0.15) is 5.26 Å². The zero-order chi connectivity index (χ0) is 20.5. The van der Waals surface area contributed by atoms with Gasteiger partial charge < -0.3 is 10.1 Å². The Hall–Kier alpha value is -2.84. The molecule has 29 heavy (non-hydrogen) atoms. The van der Waals surface area contributed by atoms with Crippen LogP contribution in [0.1, 0.15) is 55.9 Å². The van der Waals surface area contributed by atoms with Crippen molar-refractivity contribution in [1.82, 2.24) is 5.32 Å². The molecule has 0 fully saturated rings. The Morgan fingerprint density at radius 2 is 2.00 bits per heavy atom. The zero-order valence-corrected chi connectivity index (χ0v) is 17.7. The molecule has 1 aromatic carbocycles. The van der Waals surface area contributed by atoms with E-state index in [1.165, 1.54) is 4.88 Å². The predicted molar refractivity (Wildman–Crippen MR) is 115 cm³/mol. The fraction of sp³-hybridized carbons (Fsp3) is 0.333. The van der Waals surface area contributed by atoms with E-state index in [0.717, 1.165) is 34.7 Å². The topological polar surface area (TPSA) is 62.1 Å². The number of ether oxygens (including phenoxy) is 1. The van der Waals surface area contributed by atoms with E-state index in [1.54, 1.807) is 11.3 Å². The first-order valence-electron chi connectivity index (χ1n) is 9.92. The third kappa shape index (κ3) is 3.61. The summed E-state index contributed by atoms with van der Waals surface area (Å²) in [7, 11) is 0. The number of allylic oxidation sites excluding steroid dienone is 4. The molecule has 2 aliphatic rings. The van der Waals surface area contributed by atoms with Crippen LogP contribution in [-0.4, -0.2) is 11.9 Å². The maximum atomic E-state index is 13.4. The molecule has 1 N–H and O–H groups in total. The SMILES string of the molecule is CC1=C(C#N)C(c2ccccc2OC(C)C)C2=C(CC(c3cccs3)CC2=O)N1. The molecule has 0 saturated carbocycles. The third-order valence-corrected chi connectivity index (χ3v) is 6.52. The van der Waals surface area contributed by atoms with Crippen LogP contribution in [-0.2, 0) is 4.79 Å². The summed E-state index contributed by atoms with van der Waals surface area (Å²) in [6.07, 6.45) is 1.26. The van der Waals surface area contributed by atoms with Gasteiger partial charge in [-0.3, -0.25) is 4.79 Å². The molecular formula is C24H24N2O2S. The number of ketones is 1. The molecule has 2 heterocycles. The number of nitrogens with one attached hydrogen (secondary N) is 1. The number of nitrogens with zero attached hydrogens (tertiary/aromatic N) is 1. The summed E-state index contributed by atoms with van der Waals surface area (Å²) in [6.45, 7) is 5.88. The molecular weight excluding hydrogens is 380 g/mol. The maximum absolute atomic E-state index is 13.4. The van der Waals surface area contributed by atoms with Crippen molar-refractivity contribution < 1.29 is 9.53 Å². The van der Waals surface area contributed by atoms with Crippen LogP contribution < -0.4 is 10.1 Å². The number of thiophene rings is 1. The number of para-hydroxylation sites is 1. The van der Waals surface area contributed by atoms with E-state index in [4.69, 9.17) is 4.74 Å². The maximum Gasteiger partial charge on any atom is 0.162 e. The van der Waals surface area contributed by atoms with E-state index in [0.29, 0.717) is 12.0 Å². The summed E-state index contributed by atoms with van der Waals surface area (Å²) in [5.74, 6) is 0.646. The van der Waals surface area contributed by atoms with Crippen LogP contribution in [0.4, 0.5) is 0 Å². The number of carbonyl (C=O) groups is 1. The zero-order valence-electron chi connectivity index (χ0n) is 16.9. The minimum atomic E-state index is -0.386. The van der Waals surface area contributed by atoms with E-state index < -0.39 is 0 Å². The third-order valence-electron chi connectivity index (χ3n) is 5.49. The van der Waals surface area contributed by atoms with Crippen LogP contribution in [0.3, 0.4) is 0 Å². The van der Waals surface area contributed by atoms with Gasteiger partial charge in [0.2, 0.25) is 0 Å². The summed E-state index contributed by atoms with van der Waals surface area (Å²) in [4.78, 5) is 14.6. The Morgan fingerprint density at radius 3 is 2.69 bits per heavy atom. The lowest BCUT2D eigenvalue weighted by Crippen LogP contribution is -2.33. The van der Waals surface area contributed by atoms with Gasteiger partial charge in [-0.1, -0.05) is 24.3 Å². The van der Waals surface area contributed by atoms with Crippen LogP contribution in [0.15, 0.2) is 64.3 Å². The van der Waals surface area contributed by atoms with E-state index in [1.807, 2.05) is 51.1 Å². The van der Waals surface area contributed by atoms with Crippen molar-refractivity contribution in [2.75, 3.05) is 0 Å². The van der Waals surface area contributed by atoms with Gasteiger partial charge in [-0.15, -0.1) is 11.3 Å². The van der Waals surface area contributed by atoms with Crippen molar-refractivity contribution in [3.8, 4) is 11.8 Å². The van der Waals surface area contributed by atoms with E-state index in [2.05, 4.69) is 22.8 Å². The van der Waals surface area contributed by atoms with Gasteiger partial charge in [-0.25, -0.2) is 0 Å². The molecule has 0 bridgehead atoms. The molecule has 1 aliphatic heterocycles. The Morgan fingerprint density at radius 1 is 1.21 bits per heavy atom. The van der Waals surface area contributed by atoms with Gasteiger partial charge >= 0.3 is 0 Å². The van der Waals surface area contributed by atoms with Gasteiger partial charge in [0, 0.05) is 39.7 Å². The number of carbonyl (C=O) groups excluding carboxylic acids is 1. The summed E-state index contributed by atoms with van der Waals surface area (Å²) in [6, 6.07) is 14.2. The normalized spacial score (nSPS) is 21.7. The van der Waals surface area contributed by atoms with Crippen LogP contribution in [0.25, 0.3) is 0 Å². The predicted octanol–water partition coefficient (Wildman–Crippen LogP) is 5.42. The molecule has 0 radical (unpaired) electrons. The standard InChI is InChI=1S/C24H24N2O2S/c1-14(2)28-21-8-5-4-7-17(21)23-18(13-25)15(3)26-19-11-16(12-20(27)24(19)23)22-9-6-10-29-22/h4-10,14,16,23,26H,11-12H2,1-3H3. The molecule has 4 nitrogen and oxygen atoms in total. The molecule has 0 amide bonds. The number of benzene rings is 1. The lowest BCUT2D eigenvalue weighted by Gasteiger charge is -2.35. The fourth-order valence-electron chi connectivity index (χ4n) is 4.30. The molecule has 1 aliphatic carbocycles. The Bertz CT molecular complexity index is 1040. The molecule has 2 atom stereocenters.